The molecule has 1 saturated heterocycles. The molecule has 43 heavy (non-hydrogen) atoms. The Morgan fingerprint density at radius 3 is 2.65 bits per heavy atom. The van der Waals surface area contributed by atoms with E-state index in [1.54, 1.807) is 46.1 Å². The maximum Gasteiger partial charge on any atom is 0.229 e. The van der Waals surface area contributed by atoms with Crippen molar-refractivity contribution in [3.63, 3.8) is 0 Å². The molecule has 0 bridgehead atoms. The predicted octanol–water partition coefficient (Wildman–Crippen LogP) is 5.37. The number of ether oxygens (including phenoxy) is 2. The van der Waals surface area contributed by atoms with Crippen molar-refractivity contribution in [3.05, 3.63) is 65.0 Å². The smallest absolute Gasteiger partial charge is 0.229 e. The molecule has 224 valence electrons. The third kappa shape index (κ3) is 6.66. The van der Waals surface area contributed by atoms with Crippen molar-refractivity contribution < 1.29 is 14.0 Å². The zero-order valence-corrected chi connectivity index (χ0v) is 26.9. The van der Waals surface area contributed by atoms with E-state index in [9.17, 15) is 4.57 Å². The molecule has 0 atom stereocenters. The lowest BCUT2D eigenvalue weighted by molar-refractivity contribution is 0.122. The number of hydrogen-bond acceptors (Lipinski definition) is 11. The highest BCUT2D eigenvalue weighted by atomic mass is 79.9. The third-order valence-electron chi connectivity index (χ3n) is 6.97. The summed E-state index contributed by atoms with van der Waals surface area (Å²) in [5.74, 6) is 1.44. The number of anilines is 5. The van der Waals surface area contributed by atoms with E-state index in [4.69, 9.17) is 20.2 Å². The quantitative estimate of drug-likeness (QED) is 0.158. The first-order valence-corrected chi connectivity index (χ1v) is 17.0. The molecular weight excluding hydrogens is 631 g/mol. The molecule has 3 heterocycles. The number of nitrogens with zero attached hydrogens (tertiary/aromatic N) is 5. The maximum atomic E-state index is 13.4. The predicted molar refractivity (Wildman–Crippen MR) is 180 cm³/mol. The van der Waals surface area contributed by atoms with Gasteiger partial charge in [0, 0.05) is 78.5 Å². The third-order valence-corrected chi connectivity index (χ3v) is 9.11. The number of aromatic nitrogens is 3. The van der Waals surface area contributed by atoms with Crippen LogP contribution >= 0.6 is 23.1 Å². The molecule has 0 amide bonds. The van der Waals surface area contributed by atoms with Crippen molar-refractivity contribution in [1.82, 2.24) is 15.0 Å². The van der Waals surface area contributed by atoms with Crippen LogP contribution < -0.4 is 31.3 Å². The molecular formula is C30H34BrN8O3P. The number of benzene rings is 2. The van der Waals surface area contributed by atoms with Crippen molar-refractivity contribution in [1.29, 1.82) is 0 Å². The number of nitrogens with two attached hydrogens (primary N) is 1. The fraction of sp³-hybridized carbons (Fsp3) is 0.267. The molecule has 4 aromatic rings. The minimum atomic E-state index is -2.70. The minimum Gasteiger partial charge on any atom is -0.494 e. The van der Waals surface area contributed by atoms with Crippen LogP contribution in [0.3, 0.4) is 0 Å². The molecule has 5 rings (SSSR count). The molecule has 0 spiro atoms. The molecule has 11 nitrogen and oxygen atoms in total. The van der Waals surface area contributed by atoms with Crippen LogP contribution in [0.1, 0.15) is 5.56 Å². The van der Waals surface area contributed by atoms with Crippen molar-refractivity contribution in [2.45, 2.75) is 0 Å². The van der Waals surface area contributed by atoms with Crippen molar-refractivity contribution in [2.75, 3.05) is 69.3 Å². The molecule has 0 radical (unpaired) electrons. The van der Waals surface area contributed by atoms with Crippen LogP contribution in [0.25, 0.3) is 16.5 Å². The molecule has 2 aromatic heterocycles. The Hall–Kier alpha value is -3.99. The number of allylic oxidation sites excluding steroid dienone is 1. The van der Waals surface area contributed by atoms with Crippen molar-refractivity contribution in [3.8, 4) is 5.75 Å². The number of nitrogens with one attached hydrogen (secondary N) is 2. The number of halogens is 1. The van der Waals surface area contributed by atoms with Crippen molar-refractivity contribution in [2.24, 2.45) is 10.7 Å². The van der Waals surface area contributed by atoms with Gasteiger partial charge in [-0.1, -0.05) is 6.07 Å². The van der Waals surface area contributed by atoms with Gasteiger partial charge in [0.25, 0.3) is 0 Å². The summed E-state index contributed by atoms with van der Waals surface area (Å²) < 4.78 is 25.4. The lowest BCUT2D eigenvalue weighted by Gasteiger charge is -2.31. The number of fused-ring (bicyclic) bond motifs is 1. The lowest BCUT2D eigenvalue weighted by atomic mass is 10.0. The van der Waals surface area contributed by atoms with Crippen molar-refractivity contribution >= 4 is 79.9 Å². The first-order valence-electron chi connectivity index (χ1n) is 13.6. The largest absolute Gasteiger partial charge is 0.494 e. The first kappa shape index (κ1) is 30.5. The van der Waals surface area contributed by atoms with E-state index in [0.717, 1.165) is 40.8 Å². The van der Waals surface area contributed by atoms with Gasteiger partial charge < -0.3 is 35.3 Å². The van der Waals surface area contributed by atoms with Crippen LogP contribution in [-0.4, -0.2) is 75.0 Å². The molecule has 1 fully saturated rings. The van der Waals surface area contributed by atoms with Crippen LogP contribution in [0.5, 0.6) is 5.75 Å². The summed E-state index contributed by atoms with van der Waals surface area (Å²) in [7, 11) is 0.625. The highest BCUT2D eigenvalue weighted by molar-refractivity contribution is 9.10. The summed E-state index contributed by atoms with van der Waals surface area (Å²) in [6.45, 7) is 6.25. The van der Waals surface area contributed by atoms with Gasteiger partial charge in [-0.2, -0.15) is 4.98 Å². The number of pyridine rings is 1. The zero-order valence-electron chi connectivity index (χ0n) is 24.5. The molecule has 0 unspecified atom stereocenters. The molecule has 1 aliphatic heterocycles. The second kappa shape index (κ2) is 13.1. The van der Waals surface area contributed by atoms with Gasteiger partial charge >= 0.3 is 0 Å². The van der Waals surface area contributed by atoms with E-state index < -0.39 is 7.14 Å². The molecule has 1 aliphatic rings. The van der Waals surface area contributed by atoms with Gasteiger partial charge in [0.1, 0.15) is 18.7 Å². The lowest BCUT2D eigenvalue weighted by Crippen LogP contribution is -2.36. The fourth-order valence-corrected chi connectivity index (χ4v) is 6.83. The molecule has 0 saturated carbocycles. The normalized spacial score (nSPS) is 14.3. The Kier molecular flexibility index (Phi) is 9.29. The Morgan fingerprint density at radius 1 is 1.16 bits per heavy atom. The molecule has 0 aliphatic carbocycles. The number of morpholine rings is 1. The summed E-state index contributed by atoms with van der Waals surface area (Å²) in [5.41, 5.74) is 10.8. The summed E-state index contributed by atoms with van der Waals surface area (Å²) in [6, 6.07) is 11.5. The Bertz CT molecular complexity index is 1750. The fourth-order valence-electron chi connectivity index (χ4n) is 5.06. The minimum absolute atomic E-state index is 0.330. The Morgan fingerprint density at radius 2 is 1.95 bits per heavy atom. The van der Waals surface area contributed by atoms with Gasteiger partial charge in [-0.15, -0.1) is 0 Å². The van der Waals surface area contributed by atoms with E-state index in [1.165, 1.54) is 6.20 Å². The van der Waals surface area contributed by atoms with Crippen LogP contribution in [0.4, 0.5) is 28.8 Å². The SMILES string of the molecule is CN=CC(=CN)c1cc(Nc2ncc(Br)c(Nc3ccc4ncccc4c3P(C)(C)=O)n2)c(OC)cc1N1CCOCC1. The summed E-state index contributed by atoms with van der Waals surface area (Å²) in [5, 5.41) is 8.23. The number of aliphatic imine (C=N–C) groups is 1. The summed E-state index contributed by atoms with van der Waals surface area (Å²) in [6.07, 6.45) is 6.65. The van der Waals surface area contributed by atoms with E-state index >= 15 is 0 Å². The standard InChI is InChI=1S/C30H34BrN8O3P/c1-33-17-19(16-32)21-14-25(27(41-2)15-26(21)39-10-12-42-13-11-39)37-30-35-18-22(31)29(38-30)36-24-8-7-23-20(6-5-9-34-23)28(24)43(3,4)40/h5-9,14-18H,10-13,32H2,1-4H3,(H2,35,36,37,38). The Labute approximate surface area is 259 Å². The zero-order chi connectivity index (χ0) is 30.6. The van der Waals surface area contributed by atoms with Gasteiger partial charge in [0.15, 0.2) is 0 Å². The average molecular weight is 666 g/mol. The highest BCUT2D eigenvalue weighted by Gasteiger charge is 2.23. The summed E-state index contributed by atoms with van der Waals surface area (Å²) >= 11 is 3.56. The van der Waals surface area contributed by atoms with Crippen LogP contribution in [-0.2, 0) is 9.30 Å². The van der Waals surface area contributed by atoms with Crippen LogP contribution in [0, 0.1) is 0 Å². The number of hydrogen-bond donors (Lipinski definition) is 3. The van der Waals surface area contributed by atoms with Gasteiger partial charge in [0.05, 0.1) is 41.7 Å². The second-order valence-corrected chi connectivity index (χ2v) is 14.2. The van der Waals surface area contributed by atoms with Gasteiger partial charge in [-0.05, 0) is 53.5 Å². The van der Waals surface area contributed by atoms with E-state index in [2.05, 4.69) is 46.4 Å². The van der Waals surface area contributed by atoms with Crippen LogP contribution in [0.2, 0.25) is 0 Å². The van der Waals surface area contributed by atoms with E-state index in [1.807, 2.05) is 36.4 Å². The van der Waals surface area contributed by atoms with Crippen LogP contribution in [0.15, 0.2) is 64.5 Å². The Balaban J connectivity index is 1.54. The topological polar surface area (TPSA) is 140 Å². The van der Waals surface area contributed by atoms with Gasteiger partial charge in [-0.25, -0.2) is 4.98 Å². The molecule has 13 heteroatoms. The highest BCUT2D eigenvalue weighted by Crippen LogP contribution is 2.42. The monoisotopic (exact) mass is 664 g/mol. The first-order chi connectivity index (χ1) is 20.7. The van der Waals surface area contributed by atoms with Gasteiger partial charge in [-0.3, -0.25) is 9.98 Å². The summed E-state index contributed by atoms with van der Waals surface area (Å²) in [4.78, 5) is 20.1. The van der Waals surface area contributed by atoms with E-state index in [-0.39, 0.29) is 0 Å². The molecule has 4 N–H and O–H groups in total. The number of methoxy groups -OCH3 is 1. The number of rotatable bonds is 9. The second-order valence-electron chi connectivity index (χ2n) is 10.2. The maximum absolute atomic E-state index is 13.4. The van der Waals surface area contributed by atoms with E-state index in [0.29, 0.717) is 51.9 Å². The molecule has 2 aromatic carbocycles. The van der Waals surface area contributed by atoms with Gasteiger partial charge in [0.2, 0.25) is 5.95 Å². The average Bonchev–Trinajstić information content (AvgIpc) is 3.01.